The normalized spacial score (nSPS) is 31.1. The molecular weight excluding hydrogens is 249 g/mol. The molecule has 1 fully saturated rings. The van der Waals surface area contributed by atoms with Crippen molar-refractivity contribution in [2.24, 2.45) is 17.8 Å². The van der Waals surface area contributed by atoms with Crippen LogP contribution in [0.4, 0.5) is 13.2 Å². The van der Waals surface area contributed by atoms with Crippen molar-refractivity contribution in [2.45, 2.75) is 45.4 Å². The van der Waals surface area contributed by atoms with Crippen molar-refractivity contribution in [3.63, 3.8) is 0 Å². The minimum atomic E-state index is -4.75. The zero-order chi connectivity index (χ0) is 13.9. The second kappa shape index (κ2) is 5.91. The van der Waals surface area contributed by atoms with Crippen molar-refractivity contribution in [1.29, 1.82) is 0 Å². The van der Waals surface area contributed by atoms with Gasteiger partial charge in [0.1, 0.15) is 0 Å². The topological polar surface area (TPSA) is 46.5 Å². The number of carbonyl (C=O) groups is 1. The Morgan fingerprint density at radius 3 is 2.39 bits per heavy atom. The van der Waals surface area contributed by atoms with E-state index >= 15 is 0 Å². The van der Waals surface area contributed by atoms with Crippen molar-refractivity contribution in [1.82, 2.24) is 0 Å². The summed E-state index contributed by atoms with van der Waals surface area (Å²) in [6.45, 7) is 3.36. The summed E-state index contributed by atoms with van der Waals surface area (Å²) in [6, 6.07) is 0. The molecule has 0 radical (unpaired) electrons. The van der Waals surface area contributed by atoms with Crippen molar-refractivity contribution >= 4 is 5.97 Å². The van der Waals surface area contributed by atoms with E-state index in [1.807, 2.05) is 6.92 Å². The SMILES string of the molecule is CC1CCC(OCC(C(=O)O)C(F)(F)F)CC1C. The first-order valence-corrected chi connectivity index (χ1v) is 6.13. The molecular formula is C12H19F3O3. The van der Waals surface area contributed by atoms with Gasteiger partial charge in [0.2, 0.25) is 0 Å². The van der Waals surface area contributed by atoms with Crippen LogP contribution < -0.4 is 0 Å². The molecule has 0 aromatic rings. The predicted octanol–water partition coefficient (Wildman–Crippen LogP) is 3.09. The van der Waals surface area contributed by atoms with Gasteiger partial charge in [0, 0.05) is 0 Å². The maximum Gasteiger partial charge on any atom is 0.404 e. The van der Waals surface area contributed by atoms with Gasteiger partial charge in [-0.2, -0.15) is 13.2 Å². The highest BCUT2D eigenvalue weighted by Crippen LogP contribution is 2.32. The molecule has 106 valence electrons. The van der Waals surface area contributed by atoms with E-state index < -0.39 is 24.7 Å². The summed E-state index contributed by atoms with van der Waals surface area (Å²) in [5, 5.41) is 8.53. The van der Waals surface area contributed by atoms with Gasteiger partial charge in [-0.25, -0.2) is 0 Å². The summed E-state index contributed by atoms with van der Waals surface area (Å²) in [5.41, 5.74) is 0. The number of carboxylic acids is 1. The number of alkyl halides is 3. The van der Waals surface area contributed by atoms with E-state index in [-0.39, 0.29) is 6.10 Å². The molecule has 4 unspecified atom stereocenters. The Morgan fingerprint density at radius 1 is 1.33 bits per heavy atom. The monoisotopic (exact) mass is 268 g/mol. The van der Waals surface area contributed by atoms with Crippen LogP contribution in [0.2, 0.25) is 0 Å². The third-order valence-electron chi connectivity index (χ3n) is 3.74. The molecule has 6 heteroatoms. The minimum absolute atomic E-state index is 0.250. The van der Waals surface area contributed by atoms with Crippen LogP contribution in [0.3, 0.4) is 0 Å². The van der Waals surface area contributed by atoms with Gasteiger partial charge in [-0.05, 0) is 31.1 Å². The molecule has 0 bridgehead atoms. The van der Waals surface area contributed by atoms with E-state index in [2.05, 4.69) is 6.92 Å². The Labute approximate surface area is 104 Å². The van der Waals surface area contributed by atoms with E-state index in [4.69, 9.17) is 9.84 Å². The Bertz CT molecular complexity index is 291. The molecule has 1 aliphatic rings. The summed E-state index contributed by atoms with van der Waals surface area (Å²) in [7, 11) is 0. The van der Waals surface area contributed by atoms with Crippen molar-refractivity contribution < 1.29 is 27.8 Å². The van der Waals surface area contributed by atoms with Crippen molar-refractivity contribution in [3.8, 4) is 0 Å². The van der Waals surface area contributed by atoms with Gasteiger partial charge in [-0.15, -0.1) is 0 Å². The second-order valence-corrected chi connectivity index (χ2v) is 5.16. The average molecular weight is 268 g/mol. The third-order valence-corrected chi connectivity index (χ3v) is 3.74. The molecule has 0 spiro atoms. The Balaban J connectivity index is 2.46. The van der Waals surface area contributed by atoms with Crippen LogP contribution in [-0.2, 0) is 9.53 Å². The maximum atomic E-state index is 12.4. The first-order chi connectivity index (χ1) is 8.21. The van der Waals surface area contributed by atoms with E-state index in [0.29, 0.717) is 24.7 Å². The minimum Gasteiger partial charge on any atom is -0.481 e. The Hall–Kier alpha value is -0.780. The highest BCUT2D eigenvalue weighted by molar-refractivity contribution is 5.71. The van der Waals surface area contributed by atoms with Crippen LogP contribution in [0.25, 0.3) is 0 Å². The first kappa shape index (κ1) is 15.3. The van der Waals surface area contributed by atoms with Gasteiger partial charge >= 0.3 is 12.1 Å². The summed E-state index contributed by atoms with van der Waals surface area (Å²) in [5.74, 6) is -3.35. The molecule has 1 N–H and O–H groups in total. The maximum absolute atomic E-state index is 12.4. The summed E-state index contributed by atoms with van der Waals surface area (Å²) in [6.07, 6.45) is -2.68. The lowest BCUT2D eigenvalue weighted by atomic mass is 9.80. The molecule has 1 saturated carbocycles. The van der Waals surface area contributed by atoms with Crippen molar-refractivity contribution in [3.05, 3.63) is 0 Å². The average Bonchev–Trinajstić information content (AvgIpc) is 2.21. The van der Waals surface area contributed by atoms with Crippen LogP contribution in [0.15, 0.2) is 0 Å². The van der Waals surface area contributed by atoms with E-state index in [1.165, 1.54) is 0 Å². The fourth-order valence-corrected chi connectivity index (χ4v) is 2.19. The van der Waals surface area contributed by atoms with Crippen LogP contribution >= 0.6 is 0 Å². The molecule has 0 amide bonds. The fraction of sp³-hybridized carbons (Fsp3) is 0.917. The molecule has 0 saturated heterocycles. The van der Waals surface area contributed by atoms with Gasteiger partial charge < -0.3 is 9.84 Å². The lowest BCUT2D eigenvalue weighted by Crippen LogP contribution is -2.37. The van der Waals surface area contributed by atoms with Gasteiger partial charge in [0.15, 0.2) is 5.92 Å². The lowest BCUT2D eigenvalue weighted by Gasteiger charge is -2.32. The number of ether oxygens (including phenoxy) is 1. The van der Waals surface area contributed by atoms with Gasteiger partial charge in [0.25, 0.3) is 0 Å². The fourth-order valence-electron chi connectivity index (χ4n) is 2.19. The first-order valence-electron chi connectivity index (χ1n) is 6.13. The zero-order valence-electron chi connectivity index (χ0n) is 10.5. The van der Waals surface area contributed by atoms with E-state index in [0.717, 1.165) is 6.42 Å². The van der Waals surface area contributed by atoms with Crippen LogP contribution in [0.1, 0.15) is 33.1 Å². The molecule has 0 aromatic heterocycles. The van der Waals surface area contributed by atoms with Crippen LogP contribution in [0, 0.1) is 17.8 Å². The number of halogens is 3. The molecule has 18 heavy (non-hydrogen) atoms. The summed E-state index contributed by atoms with van der Waals surface area (Å²) >= 11 is 0. The van der Waals surface area contributed by atoms with E-state index in [1.54, 1.807) is 0 Å². The summed E-state index contributed by atoms with van der Waals surface area (Å²) < 4.78 is 42.4. The van der Waals surface area contributed by atoms with Crippen LogP contribution in [-0.4, -0.2) is 30.0 Å². The quantitative estimate of drug-likeness (QED) is 0.852. The highest BCUT2D eigenvalue weighted by Gasteiger charge is 2.45. The smallest absolute Gasteiger partial charge is 0.404 e. The molecule has 1 aliphatic carbocycles. The Morgan fingerprint density at radius 2 is 1.94 bits per heavy atom. The molecule has 1 rings (SSSR count). The predicted molar refractivity (Wildman–Crippen MR) is 59.1 cm³/mol. The number of carboxylic acid groups (broad SMARTS) is 1. The van der Waals surface area contributed by atoms with Crippen LogP contribution in [0.5, 0.6) is 0 Å². The molecule has 3 nitrogen and oxygen atoms in total. The molecule has 4 atom stereocenters. The van der Waals surface area contributed by atoms with E-state index in [9.17, 15) is 18.0 Å². The Kier molecular flexibility index (Phi) is 5.01. The number of hydrogen-bond donors (Lipinski definition) is 1. The largest absolute Gasteiger partial charge is 0.481 e. The number of rotatable bonds is 4. The van der Waals surface area contributed by atoms with Crippen molar-refractivity contribution in [2.75, 3.05) is 6.61 Å². The van der Waals surface area contributed by atoms with Gasteiger partial charge in [-0.1, -0.05) is 13.8 Å². The van der Waals surface area contributed by atoms with Gasteiger partial charge in [0.05, 0.1) is 12.7 Å². The second-order valence-electron chi connectivity index (χ2n) is 5.16. The standard InChI is InChI=1S/C12H19F3O3/c1-7-3-4-9(5-8(7)2)18-6-10(11(16)17)12(13,14)15/h7-10H,3-6H2,1-2H3,(H,16,17). The zero-order valence-corrected chi connectivity index (χ0v) is 10.5. The lowest BCUT2D eigenvalue weighted by molar-refractivity contribution is -0.206. The molecule has 0 aromatic carbocycles. The van der Waals surface area contributed by atoms with Gasteiger partial charge in [-0.3, -0.25) is 4.79 Å². The number of hydrogen-bond acceptors (Lipinski definition) is 2. The number of aliphatic carboxylic acids is 1. The highest BCUT2D eigenvalue weighted by atomic mass is 19.4. The summed E-state index contributed by atoms with van der Waals surface area (Å²) in [4.78, 5) is 10.5. The molecule has 0 aliphatic heterocycles. The third kappa shape index (κ3) is 4.15. The molecule has 0 heterocycles.